The van der Waals surface area contributed by atoms with Gasteiger partial charge in [-0.2, -0.15) is 0 Å². The normalized spacial score (nSPS) is 19.1. The molecule has 1 unspecified atom stereocenters. The van der Waals surface area contributed by atoms with Gasteiger partial charge in [0.2, 0.25) is 0 Å². The topological polar surface area (TPSA) is 24.8 Å². The number of nitrogens with zero attached hydrogens (tertiary/aromatic N) is 2. The molecule has 0 spiro atoms. The van der Waals surface area contributed by atoms with Crippen LogP contribution in [0.3, 0.4) is 0 Å². The molecular weight excluding hydrogens is 344 g/mol. The highest BCUT2D eigenvalue weighted by atomic mass is 16.5. The first-order valence-electron chi connectivity index (χ1n) is 10.8. The average molecular weight is 379 g/mol. The van der Waals surface area contributed by atoms with Crippen molar-refractivity contribution in [3.8, 4) is 11.5 Å². The zero-order valence-electron chi connectivity index (χ0n) is 17.4. The second-order valence-electron chi connectivity index (χ2n) is 7.85. The van der Waals surface area contributed by atoms with Crippen molar-refractivity contribution in [2.24, 2.45) is 4.99 Å². The van der Waals surface area contributed by atoms with Crippen LogP contribution in [0.2, 0.25) is 0 Å². The minimum Gasteiger partial charge on any atom is -0.457 e. The van der Waals surface area contributed by atoms with Crippen LogP contribution in [0, 0.1) is 0 Å². The molecule has 3 nitrogen and oxygen atoms in total. The predicted molar refractivity (Wildman–Crippen MR) is 118 cm³/mol. The van der Waals surface area contributed by atoms with E-state index in [0.29, 0.717) is 0 Å². The predicted octanol–water partition coefficient (Wildman–Crippen LogP) is 7.00. The van der Waals surface area contributed by atoms with Gasteiger partial charge in [-0.05, 0) is 49.6 Å². The van der Waals surface area contributed by atoms with Crippen LogP contribution in [-0.4, -0.2) is 24.3 Å². The third kappa shape index (κ3) is 6.40. The van der Waals surface area contributed by atoms with Gasteiger partial charge in [-0.3, -0.25) is 4.99 Å². The highest BCUT2D eigenvalue weighted by Gasteiger charge is 2.11. The van der Waals surface area contributed by atoms with E-state index in [1.807, 2.05) is 42.5 Å². The van der Waals surface area contributed by atoms with Crippen LogP contribution in [0.1, 0.15) is 69.9 Å². The minimum absolute atomic E-state index is 0.161. The smallest absolute Gasteiger partial charge is 0.127 e. The fraction of sp³-hybridized carbons (Fsp3) is 0.480. The first kappa shape index (κ1) is 20.4. The van der Waals surface area contributed by atoms with Crippen LogP contribution in [0.5, 0.6) is 11.5 Å². The molecule has 0 aliphatic carbocycles. The molecule has 0 bridgehead atoms. The van der Waals surface area contributed by atoms with E-state index >= 15 is 0 Å². The number of ether oxygens (including phenoxy) is 1. The van der Waals surface area contributed by atoms with Gasteiger partial charge in [0.05, 0.1) is 11.9 Å². The molecule has 3 rings (SSSR count). The maximum atomic E-state index is 5.90. The first-order valence-corrected chi connectivity index (χ1v) is 10.8. The Morgan fingerprint density at radius 2 is 1.39 bits per heavy atom. The van der Waals surface area contributed by atoms with E-state index in [-0.39, 0.29) is 6.04 Å². The second kappa shape index (κ2) is 10.9. The largest absolute Gasteiger partial charge is 0.457 e. The lowest BCUT2D eigenvalue weighted by atomic mass is 10.1. The van der Waals surface area contributed by atoms with Crippen LogP contribution in [0.25, 0.3) is 0 Å². The molecule has 1 saturated heterocycles. The SMILES string of the molecule is CC(/N=C1\CCCCCCCCCN1C)c1ccc(Oc2ccccc2)cc1. The Labute approximate surface area is 170 Å². The van der Waals surface area contributed by atoms with Crippen molar-refractivity contribution in [1.29, 1.82) is 0 Å². The molecule has 0 saturated carbocycles. The lowest BCUT2D eigenvalue weighted by molar-refractivity contribution is 0.459. The fourth-order valence-electron chi connectivity index (χ4n) is 3.74. The van der Waals surface area contributed by atoms with Crippen molar-refractivity contribution in [3.63, 3.8) is 0 Å². The van der Waals surface area contributed by atoms with Crippen molar-refractivity contribution in [3.05, 3.63) is 60.2 Å². The van der Waals surface area contributed by atoms with Gasteiger partial charge in [-0.15, -0.1) is 0 Å². The second-order valence-corrected chi connectivity index (χ2v) is 7.85. The summed E-state index contributed by atoms with van der Waals surface area (Å²) in [4.78, 5) is 7.49. The van der Waals surface area contributed by atoms with Crippen molar-refractivity contribution >= 4 is 5.84 Å². The molecule has 1 heterocycles. The summed E-state index contributed by atoms with van der Waals surface area (Å²) in [5, 5.41) is 0. The number of benzene rings is 2. The van der Waals surface area contributed by atoms with Gasteiger partial charge >= 0.3 is 0 Å². The number of aliphatic imine (C=N–C) groups is 1. The van der Waals surface area contributed by atoms with Crippen molar-refractivity contribution in [2.75, 3.05) is 13.6 Å². The zero-order chi connectivity index (χ0) is 19.6. The molecule has 1 atom stereocenters. The van der Waals surface area contributed by atoms with Gasteiger partial charge in [0, 0.05) is 20.0 Å². The number of amidine groups is 1. The van der Waals surface area contributed by atoms with Gasteiger partial charge in [0.15, 0.2) is 0 Å². The first-order chi connectivity index (χ1) is 13.7. The van der Waals surface area contributed by atoms with E-state index in [2.05, 4.69) is 31.0 Å². The molecule has 150 valence electrons. The lowest BCUT2D eigenvalue weighted by Crippen LogP contribution is -2.28. The van der Waals surface area contributed by atoms with Crippen molar-refractivity contribution in [1.82, 2.24) is 4.90 Å². The molecular formula is C25H34N2O. The van der Waals surface area contributed by atoms with E-state index in [1.54, 1.807) is 0 Å². The number of hydrogen-bond acceptors (Lipinski definition) is 2. The molecule has 28 heavy (non-hydrogen) atoms. The number of para-hydroxylation sites is 1. The summed E-state index contributed by atoms with van der Waals surface area (Å²) >= 11 is 0. The molecule has 1 aliphatic rings. The molecule has 0 radical (unpaired) electrons. The maximum absolute atomic E-state index is 5.90. The monoisotopic (exact) mass is 378 g/mol. The van der Waals surface area contributed by atoms with Gasteiger partial charge in [0.1, 0.15) is 11.5 Å². The Hall–Kier alpha value is -2.29. The van der Waals surface area contributed by atoms with Gasteiger partial charge in [-0.25, -0.2) is 0 Å². The molecule has 2 aromatic rings. The van der Waals surface area contributed by atoms with E-state index in [9.17, 15) is 0 Å². The highest BCUT2D eigenvalue weighted by molar-refractivity contribution is 5.82. The quantitative estimate of drug-likeness (QED) is 0.572. The summed E-state index contributed by atoms with van der Waals surface area (Å²) in [5.41, 5.74) is 1.23. The Bertz CT molecular complexity index is 724. The number of hydrogen-bond donors (Lipinski definition) is 0. The van der Waals surface area contributed by atoms with Crippen LogP contribution < -0.4 is 4.74 Å². The van der Waals surface area contributed by atoms with E-state index in [4.69, 9.17) is 9.73 Å². The van der Waals surface area contributed by atoms with Crippen LogP contribution in [-0.2, 0) is 0 Å². The molecule has 0 aromatic heterocycles. The Morgan fingerprint density at radius 1 is 0.786 bits per heavy atom. The Kier molecular flexibility index (Phi) is 7.95. The third-order valence-corrected chi connectivity index (χ3v) is 5.52. The Morgan fingerprint density at radius 3 is 2.11 bits per heavy atom. The molecule has 3 heteroatoms. The minimum atomic E-state index is 0.161. The van der Waals surface area contributed by atoms with Crippen LogP contribution in [0.4, 0.5) is 0 Å². The molecule has 2 aromatic carbocycles. The van der Waals surface area contributed by atoms with Gasteiger partial charge in [0.25, 0.3) is 0 Å². The lowest BCUT2D eigenvalue weighted by Gasteiger charge is -2.23. The van der Waals surface area contributed by atoms with E-state index in [1.165, 1.54) is 56.3 Å². The van der Waals surface area contributed by atoms with Crippen molar-refractivity contribution in [2.45, 2.75) is 64.3 Å². The summed E-state index contributed by atoms with van der Waals surface area (Å²) in [7, 11) is 2.21. The standard InChI is InChI=1S/C25H34N2O/c1-21(26-25-15-11-6-4-3-5-7-12-20-27(25)2)22-16-18-24(19-17-22)28-23-13-9-8-10-14-23/h8-10,13-14,16-19,21H,3-7,11-12,15,20H2,1-2H3/b26-25+. The summed E-state index contributed by atoms with van der Waals surface area (Å²) < 4.78 is 5.90. The molecule has 1 fully saturated rings. The zero-order valence-corrected chi connectivity index (χ0v) is 17.4. The summed E-state index contributed by atoms with van der Waals surface area (Å²) in [6.07, 6.45) is 10.4. The van der Waals surface area contributed by atoms with Crippen LogP contribution >= 0.6 is 0 Å². The fourth-order valence-corrected chi connectivity index (χ4v) is 3.74. The van der Waals surface area contributed by atoms with Crippen molar-refractivity contribution < 1.29 is 4.74 Å². The highest BCUT2D eigenvalue weighted by Crippen LogP contribution is 2.25. The third-order valence-electron chi connectivity index (χ3n) is 5.52. The van der Waals surface area contributed by atoms with E-state index in [0.717, 1.165) is 24.5 Å². The summed E-state index contributed by atoms with van der Waals surface area (Å²) in [6.45, 7) is 3.31. The maximum Gasteiger partial charge on any atom is 0.127 e. The van der Waals surface area contributed by atoms with E-state index < -0.39 is 0 Å². The summed E-state index contributed by atoms with van der Waals surface area (Å²) in [5.74, 6) is 2.99. The van der Waals surface area contributed by atoms with Crippen LogP contribution in [0.15, 0.2) is 59.6 Å². The summed E-state index contributed by atoms with van der Waals surface area (Å²) in [6, 6.07) is 18.4. The molecule has 1 aliphatic heterocycles. The van der Waals surface area contributed by atoms with Gasteiger partial charge < -0.3 is 9.64 Å². The number of rotatable bonds is 4. The van der Waals surface area contributed by atoms with Gasteiger partial charge in [-0.1, -0.05) is 62.4 Å². The Balaban J connectivity index is 1.65. The molecule has 0 amide bonds. The molecule has 0 N–H and O–H groups in total. The average Bonchev–Trinajstić information content (AvgIpc) is 2.76.